The molecule has 3 rings (SSSR count). The van der Waals surface area contributed by atoms with E-state index in [-0.39, 0.29) is 23.9 Å². The number of carbonyl (C=O) groups excluding carboxylic acids is 2. The van der Waals surface area contributed by atoms with Crippen LogP contribution in [0.5, 0.6) is 5.75 Å². The summed E-state index contributed by atoms with van der Waals surface area (Å²) in [7, 11) is 0. The normalized spacial score (nSPS) is 17.7. The van der Waals surface area contributed by atoms with Gasteiger partial charge >= 0.3 is 0 Å². The smallest absolute Gasteiger partial charge is 0.218 e. The van der Waals surface area contributed by atoms with Crippen molar-refractivity contribution < 1.29 is 14.7 Å². The van der Waals surface area contributed by atoms with Crippen molar-refractivity contribution in [2.75, 3.05) is 0 Å². The summed E-state index contributed by atoms with van der Waals surface area (Å²) in [6.45, 7) is 0. The minimum absolute atomic E-state index is 0.0509. The fourth-order valence-electron chi connectivity index (χ4n) is 2.78. The summed E-state index contributed by atoms with van der Waals surface area (Å²) < 4.78 is 0. The standard InChI is InChI=1S/C15H13NO3/c16-13(18)6-10-5-9-2-1-8-3-4-11(17)7-12(8)14(9)15(10)19/h1-4,7,10,17H,5-6H2,(H2,16,18)/t10-/m1/s1. The molecule has 1 atom stereocenters. The molecule has 0 unspecified atom stereocenters. The molecule has 0 aromatic heterocycles. The van der Waals surface area contributed by atoms with Gasteiger partial charge < -0.3 is 10.8 Å². The summed E-state index contributed by atoms with van der Waals surface area (Å²) in [5, 5.41) is 11.2. The molecule has 3 N–H and O–H groups in total. The van der Waals surface area contributed by atoms with Crippen LogP contribution in [0.25, 0.3) is 10.8 Å². The molecule has 0 radical (unpaired) electrons. The van der Waals surface area contributed by atoms with Crippen LogP contribution in [0, 0.1) is 5.92 Å². The summed E-state index contributed by atoms with van der Waals surface area (Å²) in [6, 6.07) is 8.80. The highest BCUT2D eigenvalue weighted by Gasteiger charge is 2.32. The van der Waals surface area contributed by atoms with E-state index in [1.807, 2.05) is 12.1 Å². The Hall–Kier alpha value is -2.36. The van der Waals surface area contributed by atoms with Gasteiger partial charge in [0.25, 0.3) is 0 Å². The number of nitrogens with two attached hydrogens (primary N) is 1. The first kappa shape index (κ1) is 11.7. The fourth-order valence-corrected chi connectivity index (χ4v) is 2.78. The zero-order valence-electron chi connectivity index (χ0n) is 10.2. The van der Waals surface area contributed by atoms with Crippen LogP contribution in [0.15, 0.2) is 30.3 Å². The molecule has 0 bridgehead atoms. The van der Waals surface area contributed by atoms with Gasteiger partial charge in [0.1, 0.15) is 5.75 Å². The molecule has 96 valence electrons. The van der Waals surface area contributed by atoms with Crippen molar-refractivity contribution in [3.05, 3.63) is 41.5 Å². The van der Waals surface area contributed by atoms with Gasteiger partial charge in [-0.25, -0.2) is 0 Å². The highest BCUT2D eigenvalue weighted by molar-refractivity contribution is 6.13. The minimum atomic E-state index is -0.460. The second-order valence-electron chi connectivity index (χ2n) is 4.94. The van der Waals surface area contributed by atoms with Crippen LogP contribution in [0.3, 0.4) is 0 Å². The number of hydrogen-bond donors (Lipinski definition) is 2. The number of amides is 1. The van der Waals surface area contributed by atoms with Gasteiger partial charge in [-0.1, -0.05) is 18.2 Å². The minimum Gasteiger partial charge on any atom is -0.508 e. The number of benzene rings is 2. The number of fused-ring (bicyclic) bond motifs is 3. The third kappa shape index (κ3) is 1.85. The Morgan fingerprint density at radius 1 is 1.32 bits per heavy atom. The lowest BCUT2D eigenvalue weighted by Gasteiger charge is -2.05. The van der Waals surface area contributed by atoms with E-state index in [9.17, 15) is 14.7 Å². The molecule has 4 nitrogen and oxygen atoms in total. The van der Waals surface area contributed by atoms with Crippen molar-refractivity contribution in [3.8, 4) is 5.75 Å². The van der Waals surface area contributed by atoms with Crippen molar-refractivity contribution in [2.24, 2.45) is 11.7 Å². The highest BCUT2D eigenvalue weighted by Crippen LogP contribution is 2.35. The quantitative estimate of drug-likeness (QED) is 0.858. The molecule has 0 saturated carbocycles. The van der Waals surface area contributed by atoms with E-state index in [4.69, 9.17) is 5.73 Å². The van der Waals surface area contributed by atoms with Gasteiger partial charge in [0.05, 0.1) is 0 Å². The number of phenols is 1. The van der Waals surface area contributed by atoms with Gasteiger partial charge in [-0.2, -0.15) is 0 Å². The molecular formula is C15H13NO3. The zero-order valence-corrected chi connectivity index (χ0v) is 10.2. The van der Waals surface area contributed by atoms with Gasteiger partial charge in [0, 0.05) is 17.9 Å². The number of primary amides is 1. The van der Waals surface area contributed by atoms with Gasteiger partial charge in [0.15, 0.2) is 5.78 Å². The number of ketones is 1. The Bertz CT molecular complexity index is 706. The van der Waals surface area contributed by atoms with Gasteiger partial charge in [0.2, 0.25) is 5.91 Å². The Balaban J connectivity index is 2.15. The molecule has 2 aromatic carbocycles. The molecule has 0 aliphatic heterocycles. The number of hydrogen-bond acceptors (Lipinski definition) is 3. The van der Waals surface area contributed by atoms with E-state index in [1.165, 1.54) is 0 Å². The number of aromatic hydroxyl groups is 1. The molecule has 1 aliphatic carbocycles. The number of rotatable bonds is 2. The topological polar surface area (TPSA) is 80.4 Å². The zero-order chi connectivity index (χ0) is 13.6. The predicted octanol–water partition coefficient (Wildman–Crippen LogP) is 1.78. The Kier molecular flexibility index (Phi) is 2.52. The molecule has 1 aliphatic rings. The lowest BCUT2D eigenvalue weighted by atomic mass is 9.98. The first-order valence-corrected chi connectivity index (χ1v) is 6.13. The molecular weight excluding hydrogens is 242 g/mol. The van der Waals surface area contributed by atoms with Gasteiger partial charge in [-0.15, -0.1) is 0 Å². The number of phenolic OH excluding ortho intramolecular Hbond substituents is 1. The third-order valence-electron chi connectivity index (χ3n) is 3.62. The largest absolute Gasteiger partial charge is 0.508 e. The van der Waals surface area contributed by atoms with Crippen molar-refractivity contribution in [3.63, 3.8) is 0 Å². The summed E-state index contributed by atoms with van der Waals surface area (Å²) >= 11 is 0. The second-order valence-corrected chi connectivity index (χ2v) is 4.94. The van der Waals surface area contributed by atoms with Crippen LogP contribution in [-0.4, -0.2) is 16.8 Å². The SMILES string of the molecule is NC(=O)C[C@H]1Cc2ccc3ccc(O)cc3c2C1=O. The average molecular weight is 255 g/mol. The molecule has 0 fully saturated rings. The van der Waals surface area contributed by atoms with Crippen LogP contribution < -0.4 is 5.73 Å². The van der Waals surface area contributed by atoms with Crippen LogP contribution in [0.4, 0.5) is 0 Å². The summed E-state index contributed by atoms with van der Waals surface area (Å²) in [5.74, 6) is -0.740. The van der Waals surface area contributed by atoms with Crippen LogP contribution in [0.2, 0.25) is 0 Å². The Labute approximate surface area is 109 Å². The van der Waals surface area contributed by atoms with E-state index < -0.39 is 5.91 Å². The fraction of sp³-hybridized carbons (Fsp3) is 0.200. The summed E-state index contributed by atoms with van der Waals surface area (Å²) in [4.78, 5) is 23.4. The van der Waals surface area contributed by atoms with Gasteiger partial charge in [-0.05, 0) is 34.9 Å². The van der Waals surface area contributed by atoms with E-state index in [0.29, 0.717) is 12.0 Å². The number of carbonyl (C=O) groups is 2. The van der Waals surface area contributed by atoms with Crippen molar-refractivity contribution in [1.82, 2.24) is 0 Å². The van der Waals surface area contributed by atoms with Crippen molar-refractivity contribution in [1.29, 1.82) is 0 Å². The first-order valence-electron chi connectivity index (χ1n) is 6.13. The Morgan fingerprint density at radius 2 is 2.05 bits per heavy atom. The van der Waals surface area contributed by atoms with E-state index in [0.717, 1.165) is 16.3 Å². The van der Waals surface area contributed by atoms with Crippen molar-refractivity contribution >= 4 is 22.5 Å². The lowest BCUT2D eigenvalue weighted by molar-refractivity contribution is -0.118. The summed E-state index contributed by atoms with van der Waals surface area (Å²) in [5.41, 5.74) is 6.72. The Morgan fingerprint density at radius 3 is 2.79 bits per heavy atom. The first-order chi connectivity index (χ1) is 9.06. The second kappa shape index (κ2) is 4.09. The van der Waals surface area contributed by atoms with E-state index >= 15 is 0 Å². The van der Waals surface area contributed by atoms with Crippen LogP contribution >= 0.6 is 0 Å². The average Bonchev–Trinajstić information content (AvgIpc) is 2.66. The summed E-state index contributed by atoms with van der Waals surface area (Å²) in [6.07, 6.45) is 0.622. The van der Waals surface area contributed by atoms with Crippen LogP contribution in [0.1, 0.15) is 22.3 Å². The predicted molar refractivity (Wildman–Crippen MR) is 70.9 cm³/mol. The molecule has 4 heteroatoms. The lowest BCUT2D eigenvalue weighted by Crippen LogP contribution is -2.20. The number of Topliss-reactive ketones (excluding diaryl/α,β-unsaturated/α-hetero) is 1. The third-order valence-corrected chi connectivity index (χ3v) is 3.62. The van der Waals surface area contributed by atoms with E-state index in [2.05, 4.69) is 0 Å². The maximum atomic E-state index is 12.4. The monoisotopic (exact) mass is 255 g/mol. The maximum absolute atomic E-state index is 12.4. The molecule has 2 aromatic rings. The maximum Gasteiger partial charge on any atom is 0.218 e. The van der Waals surface area contributed by atoms with Crippen molar-refractivity contribution in [2.45, 2.75) is 12.8 Å². The van der Waals surface area contributed by atoms with Crippen LogP contribution in [-0.2, 0) is 11.2 Å². The highest BCUT2D eigenvalue weighted by atomic mass is 16.3. The molecule has 0 spiro atoms. The molecule has 0 heterocycles. The molecule has 19 heavy (non-hydrogen) atoms. The molecule has 1 amide bonds. The van der Waals surface area contributed by atoms with Gasteiger partial charge in [-0.3, -0.25) is 9.59 Å². The van der Waals surface area contributed by atoms with E-state index in [1.54, 1.807) is 18.2 Å². The molecule has 0 saturated heterocycles.